The number of nitrogens with two attached hydrogens (primary N) is 1. The number of rotatable bonds is 8. The van der Waals surface area contributed by atoms with Crippen molar-refractivity contribution < 1.29 is 28.6 Å². The SMILES string of the molecule is COC(=O)NCCO[C@@H](c1cccc(F)c1-c1cccc(C)c1)C1CCCN(C(=O)[C@H]2C[C@@H](N)[C@@H](O)C2)C1. The maximum absolute atomic E-state index is 15.4. The summed E-state index contributed by atoms with van der Waals surface area (Å²) >= 11 is 0. The minimum absolute atomic E-state index is 0.00552. The first-order valence-corrected chi connectivity index (χ1v) is 13.3. The summed E-state index contributed by atoms with van der Waals surface area (Å²) in [5, 5.41) is 12.7. The summed E-state index contributed by atoms with van der Waals surface area (Å²) in [7, 11) is 1.30. The summed E-state index contributed by atoms with van der Waals surface area (Å²) in [5.41, 5.74) is 8.94. The van der Waals surface area contributed by atoms with Crippen LogP contribution in [0.2, 0.25) is 0 Å². The van der Waals surface area contributed by atoms with Crippen molar-refractivity contribution in [3.8, 4) is 11.1 Å². The lowest BCUT2D eigenvalue weighted by atomic mass is 9.84. The van der Waals surface area contributed by atoms with E-state index in [4.69, 9.17) is 10.5 Å². The highest BCUT2D eigenvalue weighted by molar-refractivity contribution is 5.79. The van der Waals surface area contributed by atoms with Crippen LogP contribution in [0.3, 0.4) is 0 Å². The number of aliphatic hydroxyl groups is 1. The number of hydrogen-bond donors (Lipinski definition) is 3. The van der Waals surface area contributed by atoms with E-state index in [1.807, 2.05) is 42.2 Å². The fourth-order valence-corrected chi connectivity index (χ4v) is 5.74. The van der Waals surface area contributed by atoms with Gasteiger partial charge in [-0.1, -0.05) is 42.0 Å². The van der Waals surface area contributed by atoms with Crippen molar-refractivity contribution in [1.29, 1.82) is 0 Å². The van der Waals surface area contributed by atoms with Gasteiger partial charge in [0.2, 0.25) is 5.91 Å². The number of nitrogens with zero attached hydrogens (tertiary/aromatic N) is 1. The molecule has 0 bridgehead atoms. The van der Waals surface area contributed by atoms with E-state index in [0.717, 1.165) is 24.0 Å². The quantitative estimate of drug-likeness (QED) is 0.453. The number of benzene rings is 2. The van der Waals surface area contributed by atoms with Crippen molar-refractivity contribution in [2.75, 3.05) is 33.4 Å². The number of likely N-dealkylation sites (tertiary alicyclic amines) is 1. The van der Waals surface area contributed by atoms with E-state index in [-0.39, 0.29) is 42.8 Å². The number of piperidine rings is 1. The number of methoxy groups -OCH3 is 1. The van der Waals surface area contributed by atoms with Crippen LogP contribution in [0.15, 0.2) is 42.5 Å². The summed E-state index contributed by atoms with van der Waals surface area (Å²) in [4.78, 5) is 26.7. The molecule has 2 fully saturated rings. The molecule has 1 saturated heterocycles. The first-order chi connectivity index (χ1) is 18.3. The van der Waals surface area contributed by atoms with Crippen LogP contribution in [0.25, 0.3) is 11.1 Å². The number of amides is 2. The third-order valence-corrected chi connectivity index (χ3v) is 7.64. The minimum Gasteiger partial charge on any atom is -0.453 e. The third-order valence-electron chi connectivity index (χ3n) is 7.64. The molecule has 1 saturated carbocycles. The largest absolute Gasteiger partial charge is 0.453 e. The summed E-state index contributed by atoms with van der Waals surface area (Å²) in [6.07, 6.45) is 0.717. The molecule has 4 rings (SSSR count). The lowest BCUT2D eigenvalue weighted by molar-refractivity contribution is -0.139. The van der Waals surface area contributed by atoms with Gasteiger partial charge >= 0.3 is 6.09 Å². The first kappa shape index (κ1) is 28.0. The van der Waals surface area contributed by atoms with Crippen molar-refractivity contribution in [2.24, 2.45) is 17.6 Å². The predicted octanol–water partition coefficient (Wildman–Crippen LogP) is 3.55. The fraction of sp³-hybridized carbons (Fsp3) is 0.517. The Bertz CT molecular complexity index is 1120. The van der Waals surface area contributed by atoms with Crippen molar-refractivity contribution in [1.82, 2.24) is 10.2 Å². The molecule has 38 heavy (non-hydrogen) atoms. The van der Waals surface area contributed by atoms with Gasteiger partial charge in [0.05, 0.1) is 25.9 Å². The average Bonchev–Trinajstić information content (AvgIpc) is 3.25. The third kappa shape index (κ3) is 6.51. The fourth-order valence-electron chi connectivity index (χ4n) is 5.74. The first-order valence-electron chi connectivity index (χ1n) is 13.3. The second kappa shape index (κ2) is 12.7. The second-order valence-electron chi connectivity index (χ2n) is 10.4. The molecule has 2 aromatic rings. The summed E-state index contributed by atoms with van der Waals surface area (Å²) < 4.78 is 26.4. The zero-order valence-corrected chi connectivity index (χ0v) is 22.1. The Labute approximate surface area is 223 Å². The highest BCUT2D eigenvalue weighted by Crippen LogP contribution is 2.40. The summed E-state index contributed by atoms with van der Waals surface area (Å²) in [6, 6.07) is 12.3. The Morgan fingerprint density at radius 3 is 2.74 bits per heavy atom. The van der Waals surface area contributed by atoms with E-state index in [2.05, 4.69) is 10.1 Å². The van der Waals surface area contributed by atoms with E-state index in [9.17, 15) is 14.7 Å². The predicted molar refractivity (Wildman–Crippen MR) is 142 cm³/mol. The molecule has 2 aliphatic rings. The van der Waals surface area contributed by atoms with Crippen LogP contribution < -0.4 is 11.1 Å². The molecule has 4 N–H and O–H groups in total. The Balaban J connectivity index is 1.61. The van der Waals surface area contributed by atoms with E-state index >= 15 is 4.39 Å². The number of nitrogens with one attached hydrogen (secondary N) is 1. The molecular weight excluding hydrogens is 489 g/mol. The van der Waals surface area contributed by atoms with Gasteiger partial charge in [0, 0.05) is 43.1 Å². The van der Waals surface area contributed by atoms with Gasteiger partial charge in [-0.2, -0.15) is 0 Å². The van der Waals surface area contributed by atoms with Crippen molar-refractivity contribution in [3.05, 3.63) is 59.4 Å². The zero-order chi connectivity index (χ0) is 27.2. The molecule has 0 aromatic heterocycles. The molecule has 2 amide bonds. The normalized spacial score (nSPS) is 24.2. The molecule has 2 aromatic carbocycles. The van der Waals surface area contributed by atoms with Gasteiger partial charge in [0.1, 0.15) is 5.82 Å². The van der Waals surface area contributed by atoms with Gasteiger partial charge in [-0.25, -0.2) is 9.18 Å². The Morgan fingerprint density at radius 2 is 2.03 bits per heavy atom. The topological polar surface area (TPSA) is 114 Å². The number of ether oxygens (including phenoxy) is 2. The highest BCUT2D eigenvalue weighted by atomic mass is 19.1. The van der Waals surface area contributed by atoms with Gasteiger partial charge in [0.25, 0.3) is 0 Å². The maximum atomic E-state index is 15.4. The highest BCUT2D eigenvalue weighted by Gasteiger charge is 2.39. The number of carbonyl (C=O) groups is 2. The van der Waals surface area contributed by atoms with Crippen molar-refractivity contribution >= 4 is 12.0 Å². The summed E-state index contributed by atoms with van der Waals surface area (Å²) in [5.74, 6) is -0.714. The van der Waals surface area contributed by atoms with Gasteiger partial charge in [-0.15, -0.1) is 0 Å². The average molecular weight is 528 g/mol. The van der Waals surface area contributed by atoms with Crippen LogP contribution in [0, 0.1) is 24.6 Å². The van der Waals surface area contributed by atoms with Crippen LogP contribution in [0.1, 0.15) is 42.9 Å². The zero-order valence-electron chi connectivity index (χ0n) is 22.1. The van der Waals surface area contributed by atoms with Gasteiger partial charge in [0.15, 0.2) is 0 Å². The molecule has 1 unspecified atom stereocenters. The van der Waals surface area contributed by atoms with Gasteiger partial charge in [-0.05, 0) is 49.8 Å². The Kier molecular flexibility index (Phi) is 9.35. The lowest BCUT2D eigenvalue weighted by Crippen LogP contribution is -2.44. The molecule has 1 aliphatic carbocycles. The smallest absolute Gasteiger partial charge is 0.406 e. The molecule has 206 valence electrons. The maximum Gasteiger partial charge on any atom is 0.406 e. The van der Waals surface area contributed by atoms with E-state index in [0.29, 0.717) is 37.1 Å². The molecule has 8 nitrogen and oxygen atoms in total. The number of carbonyl (C=O) groups excluding carboxylic acids is 2. The monoisotopic (exact) mass is 527 g/mol. The van der Waals surface area contributed by atoms with E-state index in [1.54, 1.807) is 6.07 Å². The Morgan fingerprint density at radius 1 is 1.24 bits per heavy atom. The van der Waals surface area contributed by atoms with Crippen molar-refractivity contribution in [2.45, 2.75) is 50.9 Å². The number of aryl methyl sites for hydroxylation is 1. The molecule has 1 heterocycles. The lowest BCUT2D eigenvalue weighted by Gasteiger charge is -2.38. The van der Waals surface area contributed by atoms with Gasteiger partial charge in [-0.3, -0.25) is 4.79 Å². The van der Waals surface area contributed by atoms with Crippen LogP contribution >= 0.6 is 0 Å². The minimum atomic E-state index is -0.660. The van der Waals surface area contributed by atoms with Crippen molar-refractivity contribution in [3.63, 3.8) is 0 Å². The van der Waals surface area contributed by atoms with Crippen LogP contribution in [-0.4, -0.2) is 67.5 Å². The molecular formula is C29H38FN3O5. The number of aliphatic hydroxyl groups excluding tert-OH is 1. The molecule has 0 radical (unpaired) electrons. The Hall–Kier alpha value is -3.01. The standard InChI is InChI=1S/C29H38FN3O5/c1-18-6-3-7-19(14-18)26-22(9-4-10-23(26)30)27(38-13-11-32-29(36)37-2)20-8-5-12-33(17-20)28(35)21-15-24(31)25(34)16-21/h3-4,6-7,9-10,14,20-21,24-25,27,34H,5,8,11-13,15-17,31H2,1-2H3,(H,32,36)/t20?,21-,24+,25-,27+/m0/s1. The molecule has 5 atom stereocenters. The summed E-state index contributed by atoms with van der Waals surface area (Å²) in [6.45, 7) is 3.47. The number of alkyl carbamates (subject to hydrolysis) is 1. The van der Waals surface area contributed by atoms with Crippen LogP contribution in [0.5, 0.6) is 0 Å². The van der Waals surface area contributed by atoms with Gasteiger partial charge < -0.3 is 30.5 Å². The second-order valence-corrected chi connectivity index (χ2v) is 10.4. The van der Waals surface area contributed by atoms with Crippen LogP contribution in [-0.2, 0) is 14.3 Å². The van der Waals surface area contributed by atoms with Crippen LogP contribution in [0.4, 0.5) is 9.18 Å². The van der Waals surface area contributed by atoms with E-state index in [1.165, 1.54) is 13.2 Å². The molecule has 0 spiro atoms. The molecule has 9 heteroatoms. The van der Waals surface area contributed by atoms with E-state index < -0.39 is 18.3 Å². The molecule has 1 aliphatic heterocycles. The number of halogens is 1. The number of hydrogen-bond acceptors (Lipinski definition) is 6.